The highest BCUT2D eigenvalue weighted by Crippen LogP contribution is 2.18. The molecule has 0 amide bonds. The predicted octanol–water partition coefficient (Wildman–Crippen LogP) is 2.05. The first-order chi connectivity index (χ1) is 8.79. The first kappa shape index (κ1) is 13.3. The summed E-state index contributed by atoms with van der Waals surface area (Å²) in [5, 5.41) is 9.03. The lowest BCUT2D eigenvalue weighted by Gasteiger charge is -2.34. The van der Waals surface area contributed by atoms with Crippen LogP contribution in [0.2, 0.25) is 0 Å². The summed E-state index contributed by atoms with van der Waals surface area (Å²) in [5.74, 6) is 0.452. The smallest absolute Gasteiger partial charge is 0.123 e. The van der Waals surface area contributed by atoms with Gasteiger partial charge in [0.1, 0.15) is 18.2 Å². The first-order valence-corrected chi connectivity index (χ1v) is 6.53. The SMILES string of the molecule is OCCN1CCCCC1COc1ccc(F)cc1. The van der Waals surface area contributed by atoms with Gasteiger partial charge in [-0.05, 0) is 43.7 Å². The molecule has 1 aromatic carbocycles. The fourth-order valence-electron chi connectivity index (χ4n) is 2.39. The Kier molecular flexibility index (Phi) is 4.96. The molecule has 0 aromatic heterocycles. The number of hydrogen-bond acceptors (Lipinski definition) is 3. The minimum absolute atomic E-state index is 0.188. The van der Waals surface area contributed by atoms with Crippen molar-refractivity contribution in [3.8, 4) is 5.75 Å². The van der Waals surface area contributed by atoms with Gasteiger partial charge in [-0.3, -0.25) is 4.90 Å². The van der Waals surface area contributed by atoms with Crippen LogP contribution in [0, 0.1) is 5.82 Å². The molecule has 4 heteroatoms. The Labute approximate surface area is 107 Å². The number of likely N-dealkylation sites (tertiary alicyclic amines) is 1. The Morgan fingerprint density at radius 1 is 1.28 bits per heavy atom. The Morgan fingerprint density at radius 3 is 2.78 bits per heavy atom. The van der Waals surface area contributed by atoms with E-state index in [4.69, 9.17) is 9.84 Å². The summed E-state index contributed by atoms with van der Waals surface area (Å²) in [4.78, 5) is 2.27. The van der Waals surface area contributed by atoms with Crippen LogP contribution in [-0.2, 0) is 0 Å². The Bertz CT molecular complexity index is 353. The van der Waals surface area contributed by atoms with Gasteiger partial charge in [-0.25, -0.2) is 4.39 Å². The lowest BCUT2D eigenvalue weighted by molar-refractivity contribution is 0.0814. The zero-order valence-electron chi connectivity index (χ0n) is 10.5. The van der Waals surface area contributed by atoms with Crippen LogP contribution in [0.15, 0.2) is 24.3 Å². The molecule has 2 rings (SSSR count). The molecule has 100 valence electrons. The molecule has 1 aromatic rings. The van der Waals surface area contributed by atoms with E-state index >= 15 is 0 Å². The highest BCUT2D eigenvalue weighted by molar-refractivity contribution is 5.22. The third-order valence-corrected chi connectivity index (χ3v) is 3.39. The van der Waals surface area contributed by atoms with Crippen LogP contribution in [-0.4, -0.2) is 42.4 Å². The number of ether oxygens (including phenoxy) is 1. The number of aliphatic hydroxyl groups excluding tert-OH is 1. The summed E-state index contributed by atoms with van der Waals surface area (Å²) in [6.45, 7) is 2.52. The van der Waals surface area contributed by atoms with Crippen LogP contribution >= 0.6 is 0 Å². The van der Waals surface area contributed by atoms with Gasteiger partial charge >= 0.3 is 0 Å². The van der Waals surface area contributed by atoms with Crippen LogP contribution in [0.5, 0.6) is 5.75 Å². The van der Waals surface area contributed by atoms with E-state index in [2.05, 4.69) is 4.90 Å². The fraction of sp³-hybridized carbons (Fsp3) is 0.571. The third-order valence-electron chi connectivity index (χ3n) is 3.39. The molecule has 1 fully saturated rings. The van der Waals surface area contributed by atoms with Gasteiger partial charge in [-0.1, -0.05) is 6.42 Å². The minimum Gasteiger partial charge on any atom is -0.492 e. The van der Waals surface area contributed by atoms with Crippen LogP contribution < -0.4 is 4.74 Å². The third kappa shape index (κ3) is 3.68. The van der Waals surface area contributed by atoms with Gasteiger partial charge in [-0.15, -0.1) is 0 Å². The molecule has 1 atom stereocenters. The standard InChI is InChI=1S/C14H20FNO2/c15-12-4-6-14(7-5-12)18-11-13-3-1-2-8-16(13)9-10-17/h4-7,13,17H,1-3,8-11H2. The minimum atomic E-state index is -0.248. The van der Waals surface area contributed by atoms with Crippen molar-refractivity contribution in [2.24, 2.45) is 0 Å². The van der Waals surface area contributed by atoms with E-state index in [9.17, 15) is 4.39 Å². The Hall–Kier alpha value is -1.13. The van der Waals surface area contributed by atoms with Gasteiger partial charge in [0.2, 0.25) is 0 Å². The monoisotopic (exact) mass is 253 g/mol. The van der Waals surface area contributed by atoms with E-state index in [-0.39, 0.29) is 12.4 Å². The number of rotatable bonds is 5. The quantitative estimate of drug-likeness (QED) is 0.871. The zero-order valence-corrected chi connectivity index (χ0v) is 10.5. The van der Waals surface area contributed by atoms with Crippen LogP contribution in [0.25, 0.3) is 0 Å². The van der Waals surface area contributed by atoms with Crippen LogP contribution in [0.4, 0.5) is 4.39 Å². The number of aliphatic hydroxyl groups is 1. The Balaban J connectivity index is 1.85. The molecule has 1 unspecified atom stereocenters. The molecule has 0 saturated carbocycles. The summed E-state index contributed by atoms with van der Waals surface area (Å²) >= 11 is 0. The summed E-state index contributed by atoms with van der Waals surface area (Å²) in [6, 6.07) is 6.46. The number of benzene rings is 1. The van der Waals surface area contributed by atoms with Crippen molar-refractivity contribution in [3.63, 3.8) is 0 Å². The number of β-amino-alcohol motifs (C(OH)–C–C–N with tert-alkyl or cyclic N) is 1. The van der Waals surface area contributed by atoms with Crippen LogP contribution in [0.1, 0.15) is 19.3 Å². The molecule has 1 saturated heterocycles. The van der Waals surface area contributed by atoms with E-state index in [1.54, 1.807) is 12.1 Å². The fourth-order valence-corrected chi connectivity index (χ4v) is 2.39. The molecule has 1 aliphatic rings. The van der Waals surface area contributed by atoms with Gasteiger partial charge < -0.3 is 9.84 Å². The van der Waals surface area contributed by atoms with E-state index in [1.165, 1.54) is 25.0 Å². The van der Waals surface area contributed by atoms with Gasteiger partial charge in [0.05, 0.1) is 6.61 Å². The van der Waals surface area contributed by atoms with Crippen molar-refractivity contribution in [1.82, 2.24) is 4.90 Å². The zero-order chi connectivity index (χ0) is 12.8. The lowest BCUT2D eigenvalue weighted by atomic mass is 10.0. The highest BCUT2D eigenvalue weighted by atomic mass is 19.1. The van der Waals surface area contributed by atoms with Crippen molar-refractivity contribution < 1.29 is 14.2 Å². The molecule has 0 aliphatic carbocycles. The van der Waals surface area contributed by atoms with Gasteiger partial charge in [0, 0.05) is 12.6 Å². The average molecular weight is 253 g/mol. The van der Waals surface area contributed by atoms with Crippen molar-refractivity contribution in [3.05, 3.63) is 30.1 Å². The maximum atomic E-state index is 12.8. The highest BCUT2D eigenvalue weighted by Gasteiger charge is 2.22. The summed E-state index contributed by atoms with van der Waals surface area (Å²) in [6.07, 6.45) is 3.49. The van der Waals surface area contributed by atoms with Crippen molar-refractivity contribution >= 4 is 0 Å². The molecule has 3 nitrogen and oxygen atoms in total. The maximum Gasteiger partial charge on any atom is 0.123 e. The summed E-state index contributed by atoms with van der Waals surface area (Å²) in [5.41, 5.74) is 0. The summed E-state index contributed by atoms with van der Waals surface area (Å²) in [7, 11) is 0. The molecule has 1 aliphatic heterocycles. The molecular formula is C14H20FNO2. The number of nitrogens with zero attached hydrogens (tertiary/aromatic N) is 1. The second-order valence-corrected chi connectivity index (χ2v) is 4.67. The Morgan fingerprint density at radius 2 is 2.06 bits per heavy atom. The molecule has 0 radical (unpaired) electrons. The van der Waals surface area contributed by atoms with E-state index in [0.29, 0.717) is 24.9 Å². The van der Waals surface area contributed by atoms with Crippen LogP contribution in [0.3, 0.4) is 0 Å². The normalized spacial score (nSPS) is 20.9. The van der Waals surface area contributed by atoms with Crippen molar-refractivity contribution in [1.29, 1.82) is 0 Å². The number of hydrogen-bond donors (Lipinski definition) is 1. The lowest BCUT2D eigenvalue weighted by Crippen LogP contribution is -2.44. The van der Waals surface area contributed by atoms with Crippen molar-refractivity contribution in [2.75, 3.05) is 26.3 Å². The molecule has 1 N–H and O–H groups in total. The summed E-state index contributed by atoms with van der Waals surface area (Å²) < 4.78 is 18.4. The molecule has 0 spiro atoms. The predicted molar refractivity (Wildman–Crippen MR) is 68.2 cm³/mol. The number of halogens is 1. The molecular weight excluding hydrogens is 233 g/mol. The number of piperidine rings is 1. The maximum absolute atomic E-state index is 12.8. The van der Waals surface area contributed by atoms with Gasteiger partial charge in [0.25, 0.3) is 0 Å². The topological polar surface area (TPSA) is 32.7 Å². The van der Waals surface area contributed by atoms with Gasteiger partial charge in [0.15, 0.2) is 0 Å². The second kappa shape index (κ2) is 6.71. The molecule has 0 bridgehead atoms. The first-order valence-electron chi connectivity index (χ1n) is 6.53. The second-order valence-electron chi connectivity index (χ2n) is 4.67. The van der Waals surface area contributed by atoms with E-state index in [1.807, 2.05) is 0 Å². The van der Waals surface area contributed by atoms with Gasteiger partial charge in [-0.2, -0.15) is 0 Å². The average Bonchev–Trinajstić information content (AvgIpc) is 2.40. The molecule has 1 heterocycles. The van der Waals surface area contributed by atoms with Crippen molar-refractivity contribution in [2.45, 2.75) is 25.3 Å². The largest absolute Gasteiger partial charge is 0.492 e. The van der Waals surface area contributed by atoms with E-state index in [0.717, 1.165) is 13.0 Å². The molecule has 18 heavy (non-hydrogen) atoms. The van der Waals surface area contributed by atoms with E-state index < -0.39 is 0 Å².